The first-order valence-corrected chi connectivity index (χ1v) is 9.79. The maximum Gasteiger partial charge on any atom is 0.335 e. The van der Waals surface area contributed by atoms with Crippen molar-refractivity contribution in [2.75, 3.05) is 7.11 Å². The van der Waals surface area contributed by atoms with Gasteiger partial charge in [0, 0.05) is 15.6 Å². The lowest BCUT2D eigenvalue weighted by Crippen LogP contribution is -2.61. The van der Waals surface area contributed by atoms with Crippen LogP contribution >= 0.6 is 15.9 Å². The Bertz CT molecular complexity index is 669. The first-order chi connectivity index (χ1) is 12.0. The van der Waals surface area contributed by atoms with Crippen LogP contribution < -0.4 is 15.5 Å². The Morgan fingerprint density at radius 1 is 1.24 bits per heavy atom. The molecule has 0 heterocycles. The standard InChI is InChI=1S/C19H24BrN3O2/c1-25-17-3-2-16(20)7-15(17)11-21-23-18(24)22-19-8-12-4-13(9-19)6-14(5-12)10-19/h2-3,7,11-14H,4-6,8-10H2,1H3,(H2,22,23,24)/b21-11+. The number of nitrogens with zero attached hydrogens (tertiary/aromatic N) is 1. The lowest BCUT2D eigenvalue weighted by molar-refractivity contribution is -0.0135. The maximum atomic E-state index is 12.4. The lowest BCUT2D eigenvalue weighted by atomic mass is 9.53. The van der Waals surface area contributed by atoms with Gasteiger partial charge in [-0.3, -0.25) is 0 Å². The van der Waals surface area contributed by atoms with Crippen LogP contribution in [0.5, 0.6) is 5.75 Å². The second-order valence-electron chi connectivity index (χ2n) is 7.91. The van der Waals surface area contributed by atoms with Gasteiger partial charge in [0.05, 0.1) is 13.3 Å². The molecule has 4 bridgehead atoms. The van der Waals surface area contributed by atoms with Gasteiger partial charge in [-0.1, -0.05) is 15.9 Å². The van der Waals surface area contributed by atoms with Gasteiger partial charge in [0.1, 0.15) is 5.75 Å². The summed E-state index contributed by atoms with van der Waals surface area (Å²) in [5.41, 5.74) is 3.44. The highest BCUT2D eigenvalue weighted by Crippen LogP contribution is 2.55. The van der Waals surface area contributed by atoms with Gasteiger partial charge >= 0.3 is 6.03 Å². The average molecular weight is 406 g/mol. The summed E-state index contributed by atoms with van der Waals surface area (Å²) in [5, 5.41) is 7.35. The van der Waals surface area contributed by atoms with Gasteiger partial charge in [-0.15, -0.1) is 0 Å². The van der Waals surface area contributed by atoms with Gasteiger partial charge in [0.2, 0.25) is 0 Å². The van der Waals surface area contributed by atoms with Gasteiger partial charge < -0.3 is 10.1 Å². The van der Waals surface area contributed by atoms with Crippen molar-refractivity contribution in [3.05, 3.63) is 28.2 Å². The van der Waals surface area contributed by atoms with E-state index in [1.165, 1.54) is 19.3 Å². The second-order valence-corrected chi connectivity index (χ2v) is 8.82. The van der Waals surface area contributed by atoms with Crippen LogP contribution in [-0.2, 0) is 0 Å². The number of benzene rings is 1. The van der Waals surface area contributed by atoms with Crippen molar-refractivity contribution < 1.29 is 9.53 Å². The highest BCUT2D eigenvalue weighted by atomic mass is 79.9. The Morgan fingerprint density at radius 2 is 1.88 bits per heavy atom. The summed E-state index contributed by atoms with van der Waals surface area (Å²) in [6.07, 6.45) is 9.11. The molecule has 0 atom stereocenters. The number of urea groups is 1. The molecule has 2 amide bonds. The average Bonchev–Trinajstić information content (AvgIpc) is 2.53. The third-order valence-corrected chi connectivity index (χ3v) is 6.47. The van der Waals surface area contributed by atoms with Crippen molar-refractivity contribution in [2.45, 2.75) is 44.1 Å². The summed E-state index contributed by atoms with van der Waals surface area (Å²) in [7, 11) is 1.62. The highest BCUT2D eigenvalue weighted by Gasteiger charge is 2.51. The number of carbonyl (C=O) groups excluding carboxylic acids is 1. The van der Waals surface area contributed by atoms with Gasteiger partial charge in [-0.2, -0.15) is 5.10 Å². The van der Waals surface area contributed by atoms with E-state index in [2.05, 4.69) is 31.8 Å². The predicted octanol–water partition coefficient (Wildman–Crippen LogP) is 4.06. The number of methoxy groups -OCH3 is 1. The van der Waals surface area contributed by atoms with Crippen LogP contribution in [0.1, 0.15) is 44.1 Å². The van der Waals surface area contributed by atoms with E-state index >= 15 is 0 Å². The summed E-state index contributed by atoms with van der Waals surface area (Å²) >= 11 is 3.43. The number of hydrogen-bond acceptors (Lipinski definition) is 3. The lowest BCUT2D eigenvalue weighted by Gasteiger charge is -2.56. The fraction of sp³-hybridized carbons (Fsp3) is 0.579. The van der Waals surface area contributed by atoms with Gasteiger partial charge in [-0.05, 0) is 74.5 Å². The topological polar surface area (TPSA) is 62.7 Å². The van der Waals surface area contributed by atoms with Crippen LogP contribution in [-0.4, -0.2) is 24.9 Å². The van der Waals surface area contributed by atoms with Gasteiger partial charge in [0.15, 0.2) is 0 Å². The fourth-order valence-corrected chi connectivity index (χ4v) is 5.88. The molecular formula is C19H24BrN3O2. The minimum Gasteiger partial charge on any atom is -0.496 e. The molecule has 0 saturated heterocycles. The number of rotatable bonds is 4. The first-order valence-electron chi connectivity index (χ1n) is 9.00. The molecule has 5 rings (SSSR count). The summed E-state index contributed by atoms with van der Waals surface area (Å²) < 4.78 is 6.25. The Hall–Kier alpha value is -1.56. The van der Waals surface area contributed by atoms with E-state index in [0.717, 1.165) is 52.8 Å². The monoisotopic (exact) mass is 405 g/mol. The number of halogens is 1. The third-order valence-electron chi connectivity index (χ3n) is 5.98. The zero-order valence-electron chi connectivity index (χ0n) is 14.4. The molecule has 134 valence electrons. The van der Waals surface area contributed by atoms with Crippen molar-refractivity contribution in [1.82, 2.24) is 10.7 Å². The first kappa shape index (κ1) is 16.9. The number of carbonyl (C=O) groups is 1. The van der Waals surface area contributed by atoms with Crippen LogP contribution in [0.15, 0.2) is 27.8 Å². The van der Waals surface area contributed by atoms with Crippen LogP contribution in [0.2, 0.25) is 0 Å². The van der Waals surface area contributed by atoms with E-state index in [0.29, 0.717) is 0 Å². The molecule has 5 nitrogen and oxygen atoms in total. The summed E-state index contributed by atoms with van der Waals surface area (Å²) in [4.78, 5) is 12.4. The van der Waals surface area contributed by atoms with Crippen molar-refractivity contribution in [2.24, 2.45) is 22.9 Å². The van der Waals surface area contributed by atoms with Crippen LogP contribution in [0, 0.1) is 17.8 Å². The Labute approximate surface area is 156 Å². The predicted molar refractivity (Wildman–Crippen MR) is 101 cm³/mol. The van der Waals surface area contributed by atoms with Crippen LogP contribution in [0.25, 0.3) is 0 Å². The van der Waals surface area contributed by atoms with Gasteiger partial charge in [-0.25, -0.2) is 10.2 Å². The molecule has 1 aromatic rings. The summed E-state index contributed by atoms with van der Waals surface area (Å²) in [6.45, 7) is 0. The molecule has 2 N–H and O–H groups in total. The number of nitrogens with one attached hydrogen (secondary N) is 2. The van der Waals surface area contributed by atoms with Crippen molar-refractivity contribution in [3.8, 4) is 5.75 Å². The molecule has 6 heteroatoms. The smallest absolute Gasteiger partial charge is 0.335 e. The zero-order valence-corrected chi connectivity index (χ0v) is 16.0. The van der Waals surface area contributed by atoms with Crippen LogP contribution in [0.3, 0.4) is 0 Å². The molecule has 0 aromatic heterocycles. The van der Waals surface area contributed by atoms with Crippen molar-refractivity contribution >= 4 is 28.2 Å². The summed E-state index contributed by atoms with van der Waals surface area (Å²) in [6, 6.07) is 5.47. The van der Waals surface area contributed by atoms with Gasteiger partial charge in [0.25, 0.3) is 0 Å². The Balaban J connectivity index is 1.38. The molecule has 0 unspecified atom stereocenters. The minimum atomic E-state index is -0.202. The minimum absolute atomic E-state index is 0.00180. The van der Waals surface area contributed by atoms with E-state index in [1.807, 2.05) is 18.2 Å². The van der Waals surface area contributed by atoms with Crippen molar-refractivity contribution in [3.63, 3.8) is 0 Å². The molecule has 0 aliphatic heterocycles. The van der Waals surface area contributed by atoms with E-state index in [9.17, 15) is 4.79 Å². The molecule has 4 fully saturated rings. The molecule has 0 spiro atoms. The molecule has 4 aliphatic rings. The number of ether oxygens (including phenoxy) is 1. The number of hydrogen-bond donors (Lipinski definition) is 2. The second kappa shape index (κ2) is 6.63. The third kappa shape index (κ3) is 3.54. The maximum absolute atomic E-state index is 12.4. The molecular weight excluding hydrogens is 382 g/mol. The SMILES string of the molecule is COc1ccc(Br)cc1/C=N/NC(=O)NC12CC3CC(CC(C3)C1)C2. The largest absolute Gasteiger partial charge is 0.496 e. The molecule has 4 aliphatic carbocycles. The Kier molecular flexibility index (Phi) is 4.48. The number of amides is 2. The molecule has 0 radical (unpaired) electrons. The normalized spacial score (nSPS) is 32.8. The number of hydrazone groups is 1. The molecule has 1 aromatic carbocycles. The Morgan fingerprint density at radius 3 is 2.48 bits per heavy atom. The van der Waals surface area contributed by atoms with E-state index in [1.54, 1.807) is 13.3 Å². The van der Waals surface area contributed by atoms with Crippen LogP contribution in [0.4, 0.5) is 4.79 Å². The zero-order chi connectivity index (χ0) is 17.4. The molecule has 4 saturated carbocycles. The van der Waals surface area contributed by atoms with E-state index in [4.69, 9.17) is 4.74 Å². The van der Waals surface area contributed by atoms with Crippen molar-refractivity contribution in [1.29, 1.82) is 0 Å². The molecule has 25 heavy (non-hydrogen) atoms. The highest BCUT2D eigenvalue weighted by molar-refractivity contribution is 9.10. The van der Waals surface area contributed by atoms with E-state index < -0.39 is 0 Å². The summed E-state index contributed by atoms with van der Waals surface area (Å²) in [5.74, 6) is 3.14. The van der Waals surface area contributed by atoms with E-state index in [-0.39, 0.29) is 11.6 Å². The fourth-order valence-electron chi connectivity index (χ4n) is 5.50. The quantitative estimate of drug-likeness (QED) is 0.585.